The molecule has 148 valence electrons. The van der Waals surface area contributed by atoms with Gasteiger partial charge in [-0.05, 0) is 32.9 Å². The van der Waals surface area contributed by atoms with Crippen LogP contribution in [-0.4, -0.2) is 59.0 Å². The molecule has 1 fully saturated rings. The molecule has 7 heteroatoms. The van der Waals surface area contributed by atoms with Gasteiger partial charge in [0.2, 0.25) is 0 Å². The van der Waals surface area contributed by atoms with Crippen molar-refractivity contribution in [1.82, 2.24) is 14.5 Å². The Morgan fingerprint density at radius 2 is 2.19 bits per heavy atom. The molecule has 0 aromatic carbocycles. The van der Waals surface area contributed by atoms with E-state index in [1.54, 1.807) is 6.20 Å². The molecule has 26 heavy (non-hydrogen) atoms. The molecule has 0 aliphatic carbocycles. The minimum atomic E-state index is -0.177. The van der Waals surface area contributed by atoms with Crippen LogP contribution in [0.25, 0.3) is 0 Å². The van der Waals surface area contributed by atoms with Gasteiger partial charge in [-0.3, -0.25) is 4.79 Å². The molecule has 1 saturated heterocycles. The number of hydrogen-bond donors (Lipinski definition) is 1. The van der Waals surface area contributed by atoms with Crippen molar-refractivity contribution in [3.05, 3.63) is 18.2 Å². The third-order valence-corrected chi connectivity index (χ3v) is 4.48. The topological polar surface area (TPSA) is 90.5 Å². The predicted molar refractivity (Wildman–Crippen MR) is 102 cm³/mol. The number of nitrogens with two attached hydrogens (primary N) is 1. The molecule has 1 atom stereocenters. The fourth-order valence-electron chi connectivity index (χ4n) is 2.84. The van der Waals surface area contributed by atoms with Gasteiger partial charge in [0.1, 0.15) is 18.2 Å². The van der Waals surface area contributed by atoms with Gasteiger partial charge in [0, 0.05) is 44.4 Å². The normalized spacial score (nSPS) is 17.0. The lowest BCUT2D eigenvalue weighted by atomic mass is 10.2. The summed E-state index contributed by atoms with van der Waals surface area (Å²) >= 11 is 0. The van der Waals surface area contributed by atoms with Crippen molar-refractivity contribution >= 4 is 12.3 Å². The molecule has 2 rings (SSSR count). The Balaban J connectivity index is 0.000000401. The lowest BCUT2D eigenvalue weighted by Crippen LogP contribution is -2.23. The van der Waals surface area contributed by atoms with Crippen molar-refractivity contribution in [2.45, 2.75) is 71.1 Å². The average molecular weight is 367 g/mol. The number of likely N-dealkylation sites (tertiary alicyclic amines) is 1. The number of aryl methyl sites for hydroxylation is 2. The van der Waals surface area contributed by atoms with Gasteiger partial charge in [0.15, 0.2) is 0 Å². The number of rotatable bonds is 9. The average Bonchev–Trinajstić information content (AvgIpc) is 3.24. The summed E-state index contributed by atoms with van der Waals surface area (Å²) < 4.78 is 7.24. The molecular weight excluding hydrogens is 332 g/mol. The molecule has 2 N–H and O–H groups in total. The number of likely N-dealkylation sites (N-methyl/N-ethyl adjacent to an activating group) is 1. The monoisotopic (exact) mass is 366 g/mol. The van der Waals surface area contributed by atoms with Crippen molar-refractivity contribution < 1.29 is 14.3 Å². The smallest absolute Gasteiger partial charge is 0.307 e. The quantitative estimate of drug-likeness (QED) is 0.529. The first-order valence-corrected chi connectivity index (χ1v) is 9.57. The SMILES string of the molecule is CCC(CC)OC(=O)CCn1ccnc1CCC=O.CN1CCC(N)C1. The van der Waals surface area contributed by atoms with Crippen LogP contribution in [0.5, 0.6) is 0 Å². The number of carbonyl (C=O) groups is 2. The van der Waals surface area contributed by atoms with E-state index in [1.807, 2.05) is 24.6 Å². The van der Waals surface area contributed by atoms with Gasteiger partial charge in [-0.25, -0.2) is 4.98 Å². The molecule has 0 radical (unpaired) electrons. The molecule has 1 aliphatic rings. The predicted octanol–water partition coefficient (Wildman–Crippen LogP) is 1.79. The van der Waals surface area contributed by atoms with E-state index in [1.165, 1.54) is 13.0 Å². The second-order valence-corrected chi connectivity index (χ2v) is 6.73. The van der Waals surface area contributed by atoms with E-state index in [9.17, 15) is 9.59 Å². The number of hydrogen-bond acceptors (Lipinski definition) is 6. The highest BCUT2D eigenvalue weighted by Crippen LogP contribution is 2.07. The van der Waals surface area contributed by atoms with Gasteiger partial charge in [0.25, 0.3) is 0 Å². The van der Waals surface area contributed by atoms with Gasteiger partial charge in [-0.1, -0.05) is 13.8 Å². The van der Waals surface area contributed by atoms with Crippen LogP contribution in [0.15, 0.2) is 12.4 Å². The third-order valence-electron chi connectivity index (χ3n) is 4.48. The number of esters is 1. The molecule has 1 unspecified atom stereocenters. The summed E-state index contributed by atoms with van der Waals surface area (Å²) in [7, 11) is 2.10. The molecular formula is C19H34N4O3. The molecule has 2 heterocycles. The fourth-order valence-corrected chi connectivity index (χ4v) is 2.84. The molecule has 7 nitrogen and oxygen atoms in total. The van der Waals surface area contributed by atoms with Gasteiger partial charge in [-0.15, -0.1) is 0 Å². The first kappa shape index (κ1) is 22.3. The van der Waals surface area contributed by atoms with Crippen molar-refractivity contribution in [3.63, 3.8) is 0 Å². The van der Waals surface area contributed by atoms with E-state index in [-0.39, 0.29) is 12.1 Å². The second kappa shape index (κ2) is 12.6. The zero-order valence-electron chi connectivity index (χ0n) is 16.4. The van der Waals surface area contributed by atoms with Crippen LogP contribution in [-0.2, 0) is 27.3 Å². The zero-order valence-corrected chi connectivity index (χ0v) is 16.4. The molecule has 1 aromatic heterocycles. The number of carbonyl (C=O) groups excluding carboxylic acids is 2. The van der Waals surface area contributed by atoms with Crippen LogP contribution in [0.1, 0.15) is 51.8 Å². The number of imidazole rings is 1. The number of nitrogens with zero attached hydrogens (tertiary/aromatic N) is 3. The number of ether oxygens (including phenoxy) is 1. The fraction of sp³-hybridized carbons (Fsp3) is 0.737. The molecule has 1 aliphatic heterocycles. The first-order valence-electron chi connectivity index (χ1n) is 9.57. The summed E-state index contributed by atoms with van der Waals surface area (Å²) in [4.78, 5) is 28.5. The summed E-state index contributed by atoms with van der Waals surface area (Å²) in [5.74, 6) is 0.658. The van der Waals surface area contributed by atoms with Crippen LogP contribution in [0.4, 0.5) is 0 Å². The van der Waals surface area contributed by atoms with Crippen molar-refractivity contribution in [2.75, 3.05) is 20.1 Å². The van der Waals surface area contributed by atoms with Crippen LogP contribution < -0.4 is 5.73 Å². The highest BCUT2D eigenvalue weighted by Gasteiger charge is 2.13. The highest BCUT2D eigenvalue weighted by molar-refractivity contribution is 5.69. The maximum atomic E-state index is 11.7. The highest BCUT2D eigenvalue weighted by atomic mass is 16.5. The van der Waals surface area contributed by atoms with E-state index in [0.29, 0.717) is 31.8 Å². The Morgan fingerprint density at radius 3 is 2.69 bits per heavy atom. The number of aromatic nitrogens is 2. The van der Waals surface area contributed by atoms with E-state index in [2.05, 4.69) is 16.9 Å². The zero-order chi connectivity index (χ0) is 19.4. The van der Waals surface area contributed by atoms with Gasteiger partial charge in [-0.2, -0.15) is 0 Å². The van der Waals surface area contributed by atoms with Crippen LogP contribution in [0, 0.1) is 0 Å². The molecule has 1 aromatic rings. The van der Waals surface area contributed by atoms with Crippen LogP contribution >= 0.6 is 0 Å². The summed E-state index contributed by atoms with van der Waals surface area (Å²) in [6, 6.07) is 0.449. The van der Waals surface area contributed by atoms with Crippen molar-refractivity contribution in [2.24, 2.45) is 5.73 Å². The summed E-state index contributed by atoms with van der Waals surface area (Å²) in [5, 5.41) is 0. The lowest BCUT2D eigenvalue weighted by molar-refractivity contribution is -0.149. The maximum absolute atomic E-state index is 11.7. The second-order valence-electron chi connectivity index (χ2n) is 6.73. The molecule has 0 amide bonds. The molecule has 0 bridgehead atoms. The summed E-state index contributed by atoms with van der Waals surface area (Å²) in [6.45, 7) is 6.83. The van der Waals surface area contributed by atoms with Gasteiger partial charge in [0.05, 0.1) is 6.42 Å². The Hall–Kier alpha value is -1.73. The first-order chi connectivity index (χ1) is 12.5. The Kier molecular flexibility index (Phi) is 10.8. The lowest BCUT2D eigenvalue weighted by Gasteiger charge is -2.14. The van der Waals surface area contributed by atoms with Gasteiger partial charge < -0.3 is 24.7 Å². The Morgan fingerprint density at radius 1 is 1.46 bits per heavy atom. The van der Waals surface area contributed by atoms with Gasteiger partial charge >= 0.3 is 5.97 Å². The summed E-state index contributed by atoms with van der Waals surface area (Å²) in [6.07, 6.45) is 8.67. The molecule has 0 saturated carbocycles. The molecule has 0 spiro atoms. The van der Waals surface area contributed by atoms with Crippen molar-refractivity contribution in [3.8, 4) is 0 Å². The van der Waals surface area contributed by atoms with Crippen LogP contribution in [0.3, 0.4) is 0 Å². The van der Waals surface area contributed by atoms with Crippen LogP contribution in [0.2, 0.25) is 0 Å². The largest absolute Gasteiger partial charge is 0.462 e. The number of aldehydes is 1. The third kappa shape index (κ3) is 8.58. The van der Waals surface area contributed by atoms with E-state index < -0.39 is 0 Å². The van der Waals surface area contributed by atoms with E-state index in [0.717, 1.165) is 31.5 Å². The standard InChI is InChI=1S/C14H22N2O3.C5H12N2/c1-3-12(4-2)19-14(18)7-9-16-10-8-15-13(16)6-5-11-17;1-7-3-2-5(6)4-7/h8,10-12H,3-7,9H2,1-2H3;5H,2-4,6H2,1H3. The van der Waals surface area contributed by atoms with E-state index >= 15 is 0 Å². The minimum Gasteiger partial charge on any atom is -0.462 e. The Labute approximate surface area is 156 Å². The summed E-state index contributed by atoms with van der Waals surface area (Å²) in [5.41, 5.74) is 5.58. The van der Waals surface area contributed by atoms with Crippen molar-refractivity contribution in [1.29, 1.82) is 0 Å². The van der Waals surface area contributed by atoms with E-state index in [4.69, 9.17) is 10.5 Å². The minimum absolute atomic E-state index is 0.0184. The Bertz CT molecular complexity index is 521. The maximum Gasteiger partial charge on any atom is 0.307 e.